The summed E-state index contributed by atoms with van der Waals surface area (Å²) >= 11 is 0. The van der Waals surface area contributed by atoms with Crippen molar-refractivity contribution in [2.75, 3.05) is 30.4 Å². The number of amides is 2. The third-order valence-corrected chi connectivity index (χ3v) is 4.10. The van der Waals surface area contributed by atoms with Crippen LogP contribution in [0.15, 0.2) is 78.9 Å². The van der Waals surface area contributed by atoms with Crippen LogP contribution >= 0.6 is 0 Å². The molecule has 2 amide bonds. The number of nitrogens with one attached hydrogen (secondary N) is 2. The summed E-state index contributed by atoms with van der Waals surface area (Å²) in [5.74, 6) is 0.735. The summed E-state index contributed by atoms with van der Waals surface area (Å²) in [7, 11) is 0. The Balaban J connectivity index is 1.39. The summed E-state index contributed by atoms with van der Waals surface area (Å²) in [6.45, 7) is 0.946. The van der Waals surface area contributed by atoms with E-state index < -0.39 is 5.91 Å². The van der Waals surface area contributed by atoms with Gasteiger partial charge in [0.1, 0.15) is 24.7 Å². The topological polar surface area (TPSA) is 103 Å². The Morgan fingerprint density at radius 2 is 1.43 bits per heavy atom. The normalized spacial score (nSPS) is 10.1. The van der Waals surface area contributed by atoms with E-state index in [1.165, 1.54) is 6.07 Å². The molecule has 7 nitrogen and oxygen atoms in total. The van der Waals surface area contributed by atoms with E-state index in [0.717, 1.165) is 11.4 Å². The van der Waals surface area contributed by atoms with Crippen LogP contribution in [0.1, 0.15) is 10.4 Å². The highest BCUT2D eigenvalue weighted by molar-refractivity contribution is 5.97. The number of benzene rings is 3. The first kappa shape index (κ1) is 20.7. The lowest BCUT2D eigenvalue weighted by molar-refractivity contribution is -0.114. The highest BCUT2D eigenvalue weighted by Crippen LogP contribution is 2.16. The second kappa shape index (κ2) is 10.5. The third kappa shape index (κ3) is 6.56. The van der Waals surface area contributed by atoms with E-state index in [1.807, 2.05) is 54.6 Å². The fourth-order valence-corrected chi connectivity index (χ4v) is 2.64. The molecule has 0 aliphatic heterocycles. The molecule has 0 saturated heterocycles. The maximum Gasteiger partial charge on any atom is 0.248 e. The van der Waals surface area contributed by atoms with Crippen molar-refractivity contribution in [3.8, 4) is 11.5 Å². The Morgan fingerprint density at radius 1 is 0.767 bits per heavy atom. The number of hydrogen-bond acceptors (Lipinski definition) is 5. The number of carbonyl (C=O) groups excluding carboxylic acids is 2. The van der Waals surface area contributed by atoms with E-state index in [2.05, 4.69) is 10.6 Å². The first-order valence-electron chi connectivity index (χ1n) is 9.44. The van der Waals surface area contributed by atoms with E-state index in [9.17, 15) is 9.59 Å². The van der Waals surface area contributed by atoms with Crippen molar-refractivity contribution in [2.45, 2.75) is 0 Å². The predicted octanol–water partition coefficient (Wildman–Crippen LogP) is 3.29. The summed E-state index contributed by atoms with van der Waals surface area (Å²) in [5.41, 5.74) is 6.88. The van der Waals surface area contributed by atoms with Crippen LogP contribution in [0.25, 0.3) is 0 Å². The predicted molar refractivity (Wildman–Crippen MR) is 116 cm³/mol. The number of ether oxygens (including phenoxy) is 2. The lowest BCUT2D eigenvalue weighted by Crippen LogP contribution is -2.22. The summed E-state index contributed by atoms with van der Waals surface area (Å²) in [4.78, 5) is 23.3. The lowest BCUT2D eigenvalue weighted by atomic mass is 10.2. The maximum atomic E-state index is 12.1. The monoisotopic (exact) mass is 405 g/mol. The van der Waals surface area contributed by atoms with Crippen LogP contribution in [0.4, 0.5) is 11.4 Å². The molecular weight excluding hydrogens is 382 g/mol. The van der Waals surface area contributed by atoms with Crippen LogP contribution in [-0.2, 0) is 4.79 Å². The molecule has 3 aromatic carbocycles. The average Bonchev–Trinajstić information content (AvgIpc) is 2.77. The van der Waals surface area contributed by atoms with Gasteiger partial charge in [-0.25, -0.2) is 0 Å². The second-order valence-corrected chi connectivity index (χ2v) is 6.38. The molecule has 0 bridgehead atoms. The molecule has 0 aliphatic carbocycles. The number of para-hydroxylation sites is 1. The fourth-order valence-electron chi connectivity index (χ4n) is 2.64. The smallest absolute Gasteiger partial charge is 0.248 e. The van der Waals surface area contributed by atoms with Crippen molar-refractivity contribution in [3.63, 3.8) is 0 Å². The lowest BCUT2D eigenvalue weighted by Gasteiger charge is -2.10. The van der Waals surface area contributed by atoms with Crippen LogP contribution in [0.3, 0.4) is 0 Å². The van der Waals surface area contributed by atoms with Crippen molar-refractivity contribution in [3.05, 3.63) is 84.4 Å². The van der Waals surface area contributed by atoms with Gasteiger partial charge in [0.2, 0.25) is 11.8 Å². The molecule has 0 spiro atoms. The Hall–Kier alpha value is -4.00. The molecule has 3 rings (SSSR count). The number of carbonyl (C=O) groups is 2. The van der Waals surface area contributed by atoms with Gasteiger partial charge in [-0.05, 0) is 54.6 Å². The molecule has 0 fully saturated rings. The van der Waals surface area contributed by atoms with Gasteiger partial charge in [-0.2, -0.15) is 0 Å². The zero-order valence-corrected chi connectivity index (χ0v) is 16.3. The van der Waals surface area contributed by atoms with E-state index in [-0.39, 0.29) is 12.5 Å². The van der Waals surface area contributed by atoms with Gasteiger partial charge in [-0.3, -0.25) is 9.59 Å². The number of nitrogens with two attached hydrogens (primary N) is 1. The first-order valence-corrected chi connectivity index (χ1v) is 9.44. The number of primary amides is 1. The van der Waals surface area contributed by atoms with Gasteiger partial charge in [-0.15, -0.1) is 0 Å². The van der Waals surface area contributed by atoms with E-state index >= 15 is 0 Å². The quantitative estimate of drug-likeness (QED) is 0.449. The highest BCUT2D eigenvalue weighted by atomic mass is 16.5. The Labute approximate surface area is 174 Å². The highest BCUT2D eigenvalue weighted by Gasteiger charge is 2.05. The van der Waals surface area contributed by atoms with Gasteiger partial charge in [0.05, 0.1) is 6.54 Å². The van der Waals surface area contributed by atoms with Crippen molar-refractivity contribution in [1.82, 2.24) is 0 Å². The van der Waals surface area contributed by atoms with E-state index in [1.54, 1.807) is 18.2 Å². The SMILES string of the molecule is NC(=O)c1cccc(NC(=O)CNc2ccc(OCCOc3ccccc3)cc2)c1. The second-order valence-electron chi connectivity index (χ2n) is 6.38. The molecule has 0 unspecified atom stereocenters. The molecule has 154 valence electrons. The average molecular weight is 405 g/mol. The fraction of sp³-hybridized carbons (Fsp3) is 0.130. The van der Waals surface area contributed by atoms with Crippen molar-refractivity contribution in [2.24, 2.45) is 5.73 Å². The minimum absolute atomic E-state index is 0.0753. The Morgan fingerprint density at radius 3 is 2.10 bits per heavy atom. The summed E-state index contributed by atoms with van der Waals surface area (Å²) in [5, 5.41) is 5.75. The Kier molecular flexibility index (Phi) is 7.27. The van der Waals surface area contributed by atoms with Crippen molar-refractivity contribution < 1.29 is 19.1 Å². The van der Waals surface area contributed by atoms with Gasteiger partial charge in [-0.1, -0.05) is 24.3 Å². The van der Waals surface area contributed by atoms with Crippen LogP contribution < -0.4 is 25.8 Å². The molecular formula is C23H23N3O4. The molecule has 30 heavy (non-hydrogen) atoms. The van der Waals surface area contributed by atoms with Gasteiger partial charge in [0.15, 0.2) is 0 Å². The first-order chi connectivity index (χ1) is 14.6. The van der Waals surface area contributed by atoms with E-state index in [0.29, 0.717) is 30.2 Å². The molecule has 3 aromatic rings. The van der Waals surface area contributed by atoms with Crippen molar-refractivity contribution >= 4 is 23.2 Å². The van der Waals surface area contributed by atoms with Gasteiger partial charge in [0.25, 0.3) is 0 Å². The van der Waals surface area contributed by atoms with Gasteiger partial charge in [0, 0.05) is 16.9 Å². The molecule has 4 N–H and O–H groups in total. The molecule has 0 radical (unpaired) electrons. The number of rotatable bonds is 10. The summed E-state index contributed by atoms with van der Waals surface area (Å²) in [6, 6.07) is 23.3. The standard InChI is InChI=1S/C23H23N3O4/c24-23(28)17-5-4-6-19(15-17)26-22(27)16-25-18-9-11-21(12-10-18)30-14-13-29-20-7-2-1-3-8-20/h1-12,15,25H,13-14,16H2,(H2,24,28)(H,26,27). The molecule has 0 aliphatic rings. The molecule has 0 aromatic heterocycles. The number of hydrogen-bond donors (Lipinski definition) is 3. The third-order valence-electron chi connectivity index (χ3n) is 4.10. The molecule has 0 saturated carbocycles. The zero-order chi connectivity index (χ0) is 21.2. The van der Waals surface area contributed by atoms with Crippen LogP contribution in [-0.4, -0.2) is 31.6 Å². The zero-order valence-electron chi connectivity index (χ0n) is 16.3. The molecule has 0 heterocycles. The van der Waals surface area contributed by atoms with Gasteiger partial charge >= 0.3 is 0 Å². The van der Waals surface area contributed by atoms with Crippen LogP contribution in [0.5, 0.6) is 11.5 Å². The summed E-state index contributed by atoms with van der Waals surface area (Å²) < 4.78 is 11.2. The van der Waals surface area contributed by atoms with E-state index in [4.69, 9.17) is 15.2 Å². The van der Waals surface area contributed by atoms with Crippen LogP contribution in [0, 0.1) is 0 Å². The Bertz CT molecular complexity index is 975. The molecule has 7 heteroatoms. The summed E-state index contributed by atoms with van der Waals surface area (Å²) in [6.07, 6.45) is 0. The van der Waals surface area contributed by atoms with Crippen molar-refractivity contribution in [1.29, 1.82) is 0 Å². The maximum absolute atomic E-state index is 12.1. The minimum atomic E-state index is -0.543. The van der Waals surface area contributed by atoms with Crippen LogP contribution in [0.2, 0.25) is 0 Å². The minimum Gasteiger partial charge on any atom is -0.490 e. The van der Waals surface area contributed by atoms with Gasteiger partial charge < -0.3 is 25.8 Å². The molecule has 0 atom stereocenters. The largest absolute Gasteiger partial charge is 0.490 e. The number of anilines is 2.